The molecule has 238 valence electrons. The van der Waals surface area contributed by atoms with Gasteiger partial charge in [0.1, 0.15) is 0 Å². The highest BCUT2D eigenvalue weighted by atomic mass is 32.1. The van der Waals surface area contributed by atoms with Crippen LogP contribution in [0.2, 0.25) is 0 Å². The number of fused-ring (bicyclic) bond motifs is 13. The molecule has 0 aliphatic heterocycles. The molecule has 1 nitrogen and oxygen atoms in total. The molecule has 1 spiro atoms. The monoisotopic (exact) mass is 665 g/mol. The van der Waals surface area contributed by atoms with Crippen molar-refractivity contribution in [2.75, 3.05) is 4.90 Å². The third-order valence-electron chi connectivity index (χ3n) is 11.0. The number of benzene rings is 8. The lowest BCUT2D eigenvalue weighted by Gasteiger charge is -2.29. The van der Waals surface area contributed by atoms with Crippen molar-refractivity contribution in [3.05, 3.63) is 210 Å². The molecule has 1 heterocycles. The number of para-hydroxylation sites is 1. The largest absolute Gasteiger partial charge is 0.310 e. The molecule has 1 atom stereocenters. The van der Waals surface area contributed by atoms with Crippen molar-refractivity contribution in [3.8, 4) is 33.4 Å². The van der Waals surface area contributed by atoms with Crippen molar-refractivity contribution in [2.45, 2.75) is 5.41 Å². The first kappa shape index (κ1) is 28.6. The highest BCUT2D eigenvalue weighted by molar-refractivity contribution is 7.20. The highest BCUT2D eigenvalue weighted by Gasteiger charge is 2.53. The Labute approximate surface area is 301 Å². The molecule has 1 unspecified atom stereocenters. The molecule has 1 aromatic heterocycles. The zero-order valence-electron chi connectivity index (χ0n) is 27.8. The summed E-state index contributed by atoms with van der Waals surface area (Å²) in [5, 5.41) is 3.81. The Hall–Kier alpha value is -6.22. The summed E-state index contributed by atoms with van der Waals surface area (Å²) < 4.78 is 1.35. The average Bonchev–Trinajstić information content (AvgIpc) is 3.82. The first-order chi connectivity index (χ1) is 25.3. The second kappa shape index (κ2) is 10.9. The second-order valence-corrected chi connectivity index (χ2v) is 14.7. The molecular weight excluding hydrogens is 635 g/mol. The summed E-state index contributed by atoms with van der Waals surface area (Å²) in [6, 6.07) is 69.4. The van der Waals surface area contributed by atoms with Gasteiger partial charge in [-0.1, -0.05) is 146 Å². The Bertz CT molecular complexity index is 2820. The van der Waals surface area contributed by atoms with Crippen LogP contribution in [-0.4, -0.2) is 0 Å². The third kappa shape index (κ3) is 3.97. The SMILES string of the molecule is c1ccc(N(c2cccc(-c3ccc4c(c3)C3(c5ccccc5-4)c4ccccc4-c4c3sc3ccccc43)c2)c2cccc3ccccc23)cc1. The van der Waals surface area contributed by atoms with Gasteiger partial charge in [0.05, 0.1) is 11.1 Å². The van der Waals surface area contributed by atoms with E-state index in [1.165, 1.54) is 81.5 Å². The maximum absolute atomic E-state index is 2.50. The average molecular weight is 666 g/mol. The van der Waals surface area contributed by atoms with Crippen LogP contribution >= 0.6 is 11.3 Å². The molecule has 0 radical (unpaired) electrons. The molecule has 0 saturated carbocycles. The van der Waals surface area contributed by atoms with E-state index in [9.17, 15) is 0 Å². The summed E-state index contributed by atoms with van der Waals surface area (Å²) in [6.07, 6.45) is 0. The minimum absolute atomic E-state index is 0.367. The summed E-state index contributed by atoms with van der Waals surface area (Å²) >= 11 is 1.96. The van der Waals surface area contributed by atoms with E-state index < -0.39 is 0 Å². The molecule has 8 aromatic carbocycles. The van der Waals surface area contributed by atoms with E-state index >= 15 is 0 Å². The topological polar surface area (TPSA) is 3.24 Å². The number of hydrogen-bond donors (Lipinski definition) is 0. The number of nitrogens with zero attached hydrogens (tertiary/aromatic N) is 1. The van der Waals surface area contributed by atoms with E-state index in [-0.39, 0.29) is 5.41 Å². The van der Waals surface area contributed by atoms with E-state index in [0.717, 1.165) is 11.4 Å². The first-order valence-corrected chi connectivity index (χ1v) is 18.4. The van der Waals surface area contributed by atoms with Gasteiger partial charge in [-0.05, 0) is 92.4 Å². The lowest BCUT2D eigenvalue weighted by atomic mass is 9.73. The van der Waals surface area contributed by atoms with Gasteiger partial charge in [-0.25, -0.2) is 0 Å². The molecule has 0 N–H and O–H groups in total. The van der Waals surface area contributed by atoms with Crippen molar-refractivity contribution < 1.29 is 0 Å². The van der Waals surface area contributed by atoms with E-state index in [4.69, 9.17) is 0 Å². The number of thiophene rings is 1. The van der Waals surface area contributed by atoms with Gasteiger partial charge in [-0.2, -0.15) is 0 Å². The van der Waals surface area contributed by atoms with Crippen molar-refractivity contribution in [1.82, 2.24) is 0 Å². The molecule has 51 heavy (non-hydrogen) atoms. The van der Waals surface area contributed by atoms with Gasteiger partial charge in [0, 0.05) is 37.3 Å². The summed E-state index contributed by atoms with van der Waals surface area (Å²) in [4.78, 5) is 3.83. The quantitative estimate of drug-likeness (QED) is 0.181. The lowest BCUT2D eigenvalue weighted by Crippen LogP contribution is -2.24. The second-order valence-electron chi connectivity index (χ2n) is 13.6. The van der Waals surface area contributed by atoms with Crippen molar-refractivity contribution >= 4 is 49.3 Å². The van der Waals surface area contributed by atoms with E-state index in [2.05, 4.69) is 193 Å². The van der Waals surface area contributed by atoms with Crippen LogP contribution in [0, 0.1) is 0 Å². The van der Waals surface area contributed by atoms with Crippen LogP contribution in [0.1, 0.15) is 21.6 Å². The van der Waals surface area contributed by atoms with Gasteiger partial charge < -0.3 is 4.90 Å². The fourth-order valence-electron chi connectivity index (χ4n) is 8.95. The lowest BCUT2D eigenvalue weighted by molar-refractivity contribution is 0.812. The molecule has 2 aliphatic rings. The zero-order chi connectivity index (χ0) is 33.5. The van der Waals surface area contributed by atoms with Crippen LogP contribution in [0.3, 0.4) is 0 Å². The van der Waals surface area contributed by atoms with Crippen LogP contribution in [0.25, 0.3) is 54.2 Å². The van der Waals surface area contributed by atoms with E-state index in [1.54, 1.807) is 0 Å². The van der Waals surface area contributed by atoms with Crippen LogP contribution in [0.5, 0.6) is 0 Å². The molecule has 0 bridgehead atoms. The smallest absolute Gasteiger partial charge is 0.0819 e. The van der Waals surface area contributed by atoms with E-state index in [0.29, 0.717) is 0 Å². The minimum Gasteiger partial charge on any atom is -0.310 e. The van der Waals surface area contributed by atoms with Crippen molar-refractivity contribution in [3.63, 3.8) is 0 Å². The standard InChI is InChI=1S/C49H31NS/c1-2-17-35(18-3-1)50(45-26-13-15-32-14-4-5-20-37(32)45)36-19-12-16-33(30-36)34-28-29-39-38-21-6-9-24-42(38)49(44(39)31-34)43-25-10-7-22-40(43)47-41-23-8-11-27-46(41)51-48(47)49/h1-31H. The van der Waals surface area contributed by atoms with E-state index in [1.807, 2.05) is 11.3 Å². The number of hydrogen-bond acceptors (Lipinski definition) is 2. The van der Waals surface area contributed by atoms with Crippen LogP contribution in [-0.2, 0) is 5.41 Å². The molecule has 11 rings (SSSR count). The van der Waals surface area contributed by atoms with Gasteiger partial charge in [-0.3, -0.25) is 0 Å². The third-order valence-corrected chi connectivity index (χ3v) is 12.3. The minimum atomic E-state index is -0.367. The fraction of sp³-hybridized carbons (Fsp3) is 0.0204. The fourth-order valence-corrected chi connectivity index (χ4v) is 10.4. The molecule has 9 aromatic rings. The predicted octanol–water partition coefficient (Wildman–Crippen LogP) is 13.5. The van der Waals surface area contributed by atoms with Gasteiger partial charge in [0.2, 0.25) is 0 Å². The molecule has 0 amide bonds. The Morgan fingerprint density at radius 2 is 1.04 bits per heavy atom. The first-order valence-electron chi connectivity index (χ1n) is 17.6. The molecule has 2 aliphatic carbocycles. The normalized spacial score (nSPS) is 15.1. The molecule has 2 heteroatoms. The summed E-state index contributed by atoms with van der Waals surface area (Å²) in [6.45, 7) is 0. The predicted molar refractivity (Wildman–Crippen MR) is 216 cm³/mol. The van der Waals surface area contributed by atoms with Crippen molar-refractivity contribution in [1.29, 1.82) is 0 Å². The number of anilines is 3. The summed E-state index contributed by atoms with van der Waals surface area (Å²) in [5.41, 5.74) is 15.0. The van der Waals surface area contributed by atoms with Gasteiger partial charge >= 0.3 is 0 Å². The molecule has 0 saturated heterocycles. The highest BCUT2D eigenvalue weighted by Crippen LogP contribution is 2.66. The van der Waals surface area contributed by atoms with Crippen LogP contribution < -0.4 is 4.90 Å². The van der Waals surface area contributed by atoms with Crippen molar-refractivity contribution in [2.24, 2.45) is 0 Å². The Morgan fingerprint density at radius 3 is 1.92 bits per heavy atom. The maximum Gasteiger partial charge on any atom is 0.0819 e. The maximum atomic E-state index is 2.50. The van der Waals surface area contributed by atoms with Gasteiger partial charge in [0.25, 0.3) is 0 Å². The van der Waals surface area contributed by atoms with Crippen LogP contribution in [0.15, 0.2) is 188 Å². The summed E-state index contributed by atoms with van der Waals surface area (Å²) in [5.74, 6) is 0. The van der Waals surface area contributed by atoms with Gasteiger partial charge in [-0.15, -0.1) is 11.3 Å². The van der Waals surface area contributed by atoms with Crippen LogP contribution in [0.4, 0.5) is 17.1 Å². The zero-order valence-corrected chi connectivity index (χ0v) is 28.6. The Kier molecular flexibility index (Phi) is 6.11. The summed E-state index contributed by atoms with van der Waals surface area (Å²) in [7, 11) is 0. The van der Waals surface area contributed by atoms with Gasteiger partial charge in [0.15, 0.2) is 0 Å². The Balaban J connectivity index is 1.14. The molecular formula is C49H31NS. The molecule has 0 fully saturated rings. The Morgan fingerprint density at radius 1 is 0.412 bits per heavy atom. The number of rotatable bonds is 4.